The van der Waals surface area contributed by atoms with Gasteiger partial charge in [-0.2, -0.15) is 0 Å². The van der Waals surface area contributed by atoms with Gasteiger partial charge in [-0.15, -0.1) is 11.8 Å². The van der Waals surface area contributed by atoms with E-state index < -0.39 is 46.9 Å². The van der Waals surface area contributed by atoms with Crippen LogP contribution in [0.2, 0.25) is 0 Å². The molecule has 12 heteroatoms. The minimum atomic E-state index is -1.38. The number of carbonyl (C=O) groups excluding carboxylic acids is 4. The number of nitrogens with zero attached hydrogens (tertiary/aromatic N) is 4. The molecule has 2 unspecified atom stereocenters. The molecule has 3 rings (SSSR count). The minimum absolute atomic E-state index is 0.0281. The summed E-state index contributed by atoms with van der Waals surface area (Å²) < 4.78 is 10.5. The maximum atomic E-state index is 12.8. The van der Waals surface area contributed by atoms with Crippen molar-refractivity contribution in [2.75, 3.05) is 0 Å². The molecule has 0 spiro atoms. The second-order valence-electron chi connectivity index (χ2n) is 7.96. The van der Waals surface area contributed by atoms with Crippen LogP contribution in [0, 0.1) is 0 Å². The van der Waals surface area contributed by atoms with Crippen LogP contribution in [-0.2, 0) is 30.5 Å². The van der Waals surface area contributed by atoms with Gasteiger partial charge in [-0.25, -0.2) is 9.59 Å². The summed E-state index contributed by atoms with van der Waals surface area (Å²) in [5.41, 5.74) is 8.32. The maximum Gasteiger partial charge on any atom is 0.408 e. The van der Waals surface area contributed by atoms with Gasteiger partial charge in [0.2, 0.25) is 11.8 Å². The summed E-state index contributed by atoms with van der Waals surface area (Å²) in [6.45, 7) is 4.96. The Labute approximate surface area is 187 Å². The predicted octanol–water partition coefficient (Wildman–Crippen LogP) is 2.63. The van der Waals surface area contributed by atoms with Crippen molar-refractivity contribution < 1.29 is 28.7 Å². The SMILES string of the molecule is CC(C)(C)OC(=O)C1C(C(=O)N=[N+]=[N-])=CS[C@@H]2C(NC(=O)OCc3ccccc3)C(=O)N12. The van der Waals surface area contributed by atoms with Crippen LogP contribution in [0.1, 0.15) is 26.3 Å². The number of hydrogen-bond donors (Lipinski definition) is 1. The molecule has 0 saturated carbocycles. The third-order valence-corrected chi connectivity index (χ3v) is 5.65. The summed E-state index contributed by atoms with van der Waals surface area (Å²) in [5, 5.41) is 6.21. The van der Waals surface area contributed by atoms with Crippen LogP contribution in [0.25, 0.3) is 10.4 Å². The molecule has 1 N–H and O–H groups in total. The molecule has 1 saturated heterocycles. The van der Waals surface area contributed by atoms with Crippen molar-refractivity contribution in [3.63, 3.8) is 0 Å². The molecule has 2 aliphatic heterocycles. The average molecular weight is 459 g/mol. The lowest BCUT2D eigenvalue weighted by molar-refractivity contribution is -0.170. The van der Waals surface area contributed by atoms with Gasteiger partial charge < -0.3 is 19.7 Å². The van der Waals surface area contributed by atoms with Gasteiger partial charge in [-0.3, -0.25) is 9.59 Å². The first-order valence-corrected chi connectivity index (χ1v) is 10.5. The number of esters is 1. The zero-order valence-electron chi connectivity index (χ0n) is 17.5. The first-order chi connectivity index (χ1) is 15.1. The first kappa shape index (κ1) is 23.2. The summed E-state index contributed by atoms with van der Waals surface area (Å²) in [6.07, 6.45) is -0.791. The van der Waals surface area contributed by atoms with Crippen LogP contribution in [-0.4, -0.2) is 51.8 Å². The van der Waals surface area contributed by atoms with Crippen molar-refractivity contribution in [1.82, 2.24) is 10.2 Å². The highest BCUT2D eigenvalue weighted by Crippen LogP contribution is 2.41. The molecule has 0 aromatic heterocycles. The van der Waals surface area contributed by atoms with Crippen LogP contribution in [0.5, 0.6) is 0 Å². The van der Waals surface area contributed by atoms with Gasteiger partial charge in [0.25, 0.3) is 0 Å². The molecule has 3 amide bonds. The molecule has 2 heterocycles. The van der Waals surface area contributed by atoms with Gasteiger partial charge >= 0.3 is 12.1 Å². The van der Waals surface area contributed by atoms with E-state index in [-0.39, 0.29) is 12.2 Å². The number of carbonyl (C=O) groups is 4. The number of fused-ring (bicyclic) bond motifs is 1. The molecule has 0 bridgehead atoms. The Bertz CT molecular complexity index is 1020. The third kappa shape index (κ3) is 5.04. The Morgan fingerprint density at radius 2 is 1.94 bits per heavy atom. The van der Waals surface area contributed by atoms with E-state index in [1.807, 2.05) is 6.07 Å². The second-order valence-corrected chi connectivity index (χ2v) is 8.95. The van der Waals surface area contributed by atoms with Crippen LogP contribution >= 0.6 is 11.8 Å². The first-order valence-electron chi connectivity index (χ1n) is 9.59. The number of ether oxygens (including phenoxy) is 2. The molecule has 3 atom stereocenters. The predicted molar refractivity (Wildman–Crippen MR) is 114 cm³/mol. The van der Waals surface area contributed by atoms with Crippen LogP contribution in [0.4, 0.5) is 4.79 Å². The van der Waals surface area contributed by atoms with Crippen molar-refractivity contribution in [1.29, 1.82) is 0 Å². The van der Waals surface area contributed by atoms with Gasteiger partial charge in [0, 0.05) is 10.5 Å². The topological polar surface area (TPSA) is 151 Å². The van der Waals surface area contributed by atoms with E-state index in [9.17, 15) is 19.2 Å². The molecule has 1 fully saturated rings. The standard InChI is InChI=1S/C20H21N5O6S/c1-20(2,3)31-18(28)14-12(15(26)23-24-21)10-32-17-13(16(27)25(14)17)22-19(29)30-9-11-7-5-4-6-8-11/h4-8,10,13-14,17H,9H2,1-3H3,(H,22,29)/t13?,14?,17-/m1/s1. The quantitative estimate of drug-likeness (QED) is 0.234. The molecule has 168 valence electrons. The summed E-state index contributed by atoms with van der Waals surface area (Å²) in [6, 6.07) is 6.69. The summed E-state index contributed by atoms with van der Waals surface area (Å²) in [7, 11) is 0. The van der Waals surface area contributed by atoms with Gasteiger partial charge in [0.1, 0.15) is 23.6 Å². The van der Waals surface area contributed by atoms with Gasteiger partial charge in [-0.05, 0) is 42.4 Å². The van der Waals surface area contributed by atoms with Crippen LogP contribution in [0.3, 0.4) is 0 Å². The van der Waals surface area contributed by atoms with Gasteiger partial charge in [0.15, 0.2) is 6.04 Å². The Morgan fingerprint density at radius 1 is 1.25 bits per heavy atom. The maximum absolute atomic E-state index is 12.8. The number of alkyl carbamates (subject to hydrolysis) is 1. The molecule has 11 nitrogen and oxygen atoms in total. The fourth-order valence-electron chi connectivity index (χ4n) is 3.15. The van der Waals surface area contributed by atoms with Crippen molar-refractivity contribution in [2.24, 2.45) is 5.11 Å². The second kappa shape index (κ2) is 9.33. The van der Waals surface area contributed by atoms with Gasteiger partial charge in [-0.1, -0.05) is 30.3 Å². The average Bonchev–Trinajstić information content (AvgIpc) is 2.74. The molecule has 0 aliphatic carbocycles. The zero-order valence-corrected chi connectivity index (χ0v) is 18.4. The molecule has 32 heavy (non-hydrogen) atoms. The van der Waals surface area contributed by atoms with E-state index in [1.165, 1.54) is 5.41 Å². The van der Waals surface area contributed by atoms with E-state index >= 15 is 0 Å². The summed E-state index contributed by atoms with van der Waals surface area (Å²) >= 11 is 1.04. The Kier molecular flexibility index (Phi) is 6.75. The largest absolute Gasteiger partial charge is 0.458 e. The van der Waals surface area contributed by atoms with E-state index in [4.69, 9.17) is 15.0 Å². The van der Waals surface area contributed by atoms with E-state index in [1.54, 1.807) is 45.0 Å². The number of β-lactam (4-membered cyclic amide) rings is 1. The van der Waals surface area contributed by atoms with Crippen LogP contribution in [0.15, 0.2) is 46.4 Å². The Balaban J connectivity index is 1.73. The number of azide groups is 1. The molecular formula is C20H21N5O6S. The molecule has 1 aromatic carbocycles. The monoisotopic (exact) mass is 459 g/mol. The van der Waals surface area contributed by atoms with Gasteiger partial charge in [0.05, 0.1) is 0 Å². The number of benzene rings is 1. The minimum Gasteiger partial charge on any atom is -0.458 e. The highest BCUT2D eigenvalue weighted by Gasteiger charge is 2.57. The Morgan fingerprint density at radius 3 is 2.56 bits per heavy atom. The Hall–Kier alpha value is -3.50. The number of nitrogens with one attached hydrogen (secondary N) is 1. The molecule has 1 aromatic rings. The lowest BCUT2D eigenvalue weighted by Crippen LogP contribution is -2.74. The van der Waals surface area contributed by atoms with Crippen molar-refractivity contribution in [3.8, 4) is 0 Å². The summed E-state index contributed by atoms with van der Waals surface area (Å²) in [4.78, 5) is 53.6. The molecular weight excluding hydrogens is 438 g/mol. The fraction of sp³-hybridized carbons (Fsp3) is 0.400. The smallest absolute Gasteiger partial charge is 0.408 e. The van der Waals surface area contributed by atoms with Crippen molar-refractivity contribution in [2.45, 2.75) is 50.4 Å². The number of thioether (sulfide) groups is 1. The molecule has 0 radical (unpaired) electrons. The highest BCUT2D eigenvalue weighted by molar-refractivity contribution is 8.03. The molecule has 2 aliphatic rings. The highest BCUT2D eigenvalue weighted by atomic mass is 32.2. The van der Waals surface area contributed by atoms with E-state index in [2.05, 4.69) is 15.3 Å². The van der Waals surface area contributed by atoms with Crippen molar-refractivity contribution in [3.05, 3.63) is 57.3 Å². The lowest BCUT2D eigenvalue weighted by Gasteiger charge is -2.51. The number of hydrogen-bond acceptors (Lipinski definition) is 7. The number of rotatable bonds is 5. The lowest BCUT2D eigenvalue weighted by atomic mass is 9.97. The van der Waals surface area contributed by atoms with Crippen LogP contribution < -0.4 is 5.32 Å². The summed E-state index contributed by atoms with van der Waals surface area (Å²) in [5.74, 6) is -2.41. The normalized spacial score (nSPS) is 21.8. The van der Waals surface area contributed by atoms with E-state index in [0.717, 1.165) is 22.2 Å². The van der Waals surface area contributed by atoms with E-state index in [0.29, 0.717) is 0 Å². The van der Waals surface area contributed by atoms with Crippen molar-refractivity contribution >= 4 is 35.6 Å². The fourth-order valence-corrected chi connectivity index (χ4v) is 4.36. The number of amides is 3. The third-order valence-electron chi connectivity index (χ3n) is 4.49. The zero-order chi connectivity index (χ0) is 23.5.